The van der Waals surface area contributed by atoms with Gasteiger partial charge in [-0.05, 0) is 23.9 Å². The highest BCUT2D eigenvalue weighted by Crippen LogP contribution is 2.29. The van der Waals surface area contributed by atoms with Crippen LogP contribution in [0.1, 0.15) is 21.4 Å². The fourth-order valence-corrected chi connectivity index (χ4v) is 2.81. The molecule has 0 saturated carbocycles. The third-order valence-electron chi connectivity index (χ3n) is 2.52. The number of hydrogen-bond acceptors (Lipinski definition) is 1. The van der Waals surface area contributed by atoms with Crippen LogP contribution in [0.2, 0.25) is 0 Å². The highest BCUT2D eigenvalue weighted by molar-refractivity contribution is 7.09. The minimum atomic E-state index is -0.293. The van der Waals surface area contributed by atoms with Gasteiger partial charge in [-0.1, -0.05) is 24.3 Å². The first-order valence-electron chi connectivity index (χ1n) is 5.10. The van der Waals surface area contributed by atoms with Crippen molar-refractivity contribution in [3.8, 4) is 0 Å². The molecular formula is C13H12ClFS. The number of aryl methyl sites for hydroxylation is 1. The number of rotatable bonds is 3. The van der Waals surface area contributed by atoms with E-state index in [4.69, 9.17) is 11.6 Å². The average Bonchev–Trinajstić information content (AvgIpc) is 2.74. The van der Waals surface area contributed by atoms with Gasteiger partial charge in [0, 0.05) is 16.9 Å². The summed E-state index contributed by atoms with van der Waals surface area (Å²) in [6.07, 6.45) is 0.680. The van der Waals surface area contributed by atoms with Crippen molar-refractivity contribution in [1.29, 1.82) is 0 Å². The highest BCUT2D eigenvalue weighted by atomic mass is 35.5. The van der Waals surface area contributed by atoms with Crippen molar-refractivity contribution in [2.75, 3.05) is 0 Å². The Bertz CT molecular complexity index is 465. The molecule has 0 aliphatic carbocycles. The molecule has 0 N–H and O–H groups in total. The van der Waals surface area contributed by atoms with Crippen molar-refractivity contribution >= 4 is 22.9 Å². The topological polar surface area (TPSA) is 0 Å². The zero-order valence-corrected chi connectivity index (χ0v) is 10.5. The van der Waals surface area contributed by atoms with E-state index in [1.54, 1.807) is 30.4 Å². The minimum Gasteiger partial charge on any atom is -0.206 e. The van der Waals surface area contributed by atoms with Gasteiger partial charge in [-0.15, -0.1) is 22.9 Å². The van der Waals surface area contributed by atoms with Gasteiger partial charge < -0.3 is 0 Å². The third kappa shape index (κ3) is 2.45. The van der Waals surface area contributed by atoms with Crippen molar-refractivity contribution < 1.29 is 4.39 Å². The van der Waals surface area contributed by atoms with E-state index in [0.717, 1.165) is 0 Å². The van der Waals surface area contributed by atoms with E-state index in [2.05, 4.69) is 0 Å². The Morgan fingerprint density at radius 3 is 2.81 bits per heavy atom. The first-order chi connectivity index (χ1) is 7.68. The molecule has 2 rings (SSSR count). The second-order valence-electron chi connectivity index (χ2n) is 3.73. The van der Waals surface area contributed by atoms with Gasteiger partial charge in [-0.3, -0.25) is 0 Å². The summed E-state index contributed by atoms with van der Waals surface area (Å²) in [6.45, 7) is 1.76. The molecule has 0 nitrogen and oxygen atoms in total. The van der Waals surface area contributed by atoms with Crippen molar-refractivity contribution in [3.63, 3.8) is 0 Å². The molecule has 3 heteroatoms. The molecular weight excluding hydrogens is 243 g/mol. The summed E-state index contributed by atoms with van der Waals surface area (Å²) in [4.78, 5) is 1.18. The Kier molecular flexibility index (Phi) is 3.62. The molecule has 0 amide bonds. The lowest BCUT2D eigenvalue weighted by molar-refractivity contribution is 0.597. The second kappa shape index (κ2) is 4.98. The van der Waals surface area contributed by atoms with E-state index in [1.807, 2.05) is 23.6 Å². The summed E-state index contributed by atoms with van der Waals surface area (Å²) in [5.74, 6) is -0.181. The van der Waals surface area contributed by atoms with Crippen LogP contribution in [0.15, 0.2) is 35.7 Å². The van der Waals surface area contributed by atoms with Gasteiger partial charge in [0.05, 0.1) is 5.38 Å². The van der Waals surface area contributed by atoms with E-state index in [-0.39, 0.29) is 11.2 Å². The Morgan fingerprint density at radius 1 is 1.31 bits per heavy atom. The molecule has 84 valence electrons. The number of halogens is 2. The SMILES string of the molecule is Cc1cccc(C(Cl)Cc2cccs2)c1F. The first-order valence-corrected chi connectivity index (χ1v) is 6.41. The summed E-state index contributed by atoms with van der Waals surface area (Å²) in [5.41, 5.74) is 1.24. The minimum absolute atomic E-state index is 0.181. The van der Waals surface area contributed by atoms with Crippen LogP contribution < -0.4 is 0 Å². The van der Waals surface area contributed by atoms with Gasteiger partial charge in [-0.2, -0.15) is 0 Å². The second-order valence-corrected chi connectivity index (χ2v) is 5.29. The van der Waals surface area contributed by atoms with Gasteiger partial charge in [0.2, 0.25) is 0 Å². The van der Waals surface area contributed by atoms with Crippen LogP contribution >= 0.6 is 22.9 Å². The number of benzene rings is 1. The Labute approximate surface area is 104 Å². The Balaban J connectivity index is 2.21. The van der Waals surface area contributed by atoms with Crippen molar-refractivity contribution in [1.82, 2.24) is 0 Å². The lowest BCUT2D eigenvalue weighted by Crippen LogP contribution is -1.99. The molecule has 0 saturated heterocycles. The van der Waals surface area contributed by atoms with Crippen LogP contribution in [-0.2, 0) is 6.42 Å². The van der Waals surface area contributed by atoms with E-state index >= 15 is 0 Å². The zero-order chi connectivity index (χ0) is 11.5. The summed E-state index contributed by atoms with van der Waals surface area (Å²) < 4.78 is 13.8. The van der Waals surface area contributed by atoms with Gasteiger partial charge in [-0.25, -0.2) is 4.39 Å². The van der Waals surface area contributed by atoms with Crippen LogP contribution in [0.25, 0.3) is 0 Å². The van der Waals surface area contributed by atoms with Gasteiger partial charge in [0.1, 0.15) is 5.82 Å². The fourth-order valence-electron chi connectivity index (χ4n) is 1.63. The maximum atomic E-state index is 13.8. The molecule has 16 heavy (non-hydrogen) atoms. The lowest BCUT2D eigenvalue weighted by atomic mass is 10.0. The summed E-state index contributed by atoms with van der Waals surface area (Å²) >= 11 is 7.89. The quantitative estimate of drug-likeness (QED) is 0.696. The Morgan fingerprint density at radius 2 is 2.12 bits per heavy atom. The van der Waals surface area contributed by atoms with Crippen LogP contribution in [0.5, 0.6) is 0 Å². The van der Waals surface area contributed by atoms with Crippen LogP contribution in [0, 0.1) is 12.7 Å². The normalized spacial score (nSPS) is 12.7. The van der Waals surface area contributed by atoms with E-state index in [9.17, 15) is 4.39 Å². The summed E-state index contributed by atoms with van der Waals surface area (Å²) in [5, 5.41) is 1.71. The molecule has 1 atom stereocenters. The van der Waals surface area contributed by atoms with Crippen molar-refractivity contribution in [2.45, 2.75) is 18.7 Å². The zero-order valence-electron chi connectivity index (χ0n) is 8.91. The van der Waals surface area contributed by atoms with Gasteiger partial charge in [0.25, 0.3) is 0 Å². The fraction of sp³-hybridized carbons (Fsp3) is 0.231. The van der Waals surface area contributed by atoms with Crippen molar-refractivity contribution in [2.24, 2.45) is 0 Å². The molecule has 0 aliphatic heterocycles. The van der Waals surface area contributed by atoms with Crippen LogP contribution in [-0.4, -0.2) is 0 Å². The number of thiophene rings is 1. The smallest absolute Gasteiger partial charge is 0.130 e. The number of alkyl halides is 1. The van der Waals surface area contributed by atoms with Crippen molar-refractivity contribution in [3.05, 3.63) is 57.5 Å². The highest BCUT2D eigenvalue weighted by Gasteiger charge is 2.15. The first kappa shape index (κ1) is 11.6. The maximum Gasteiger partial charge on any atom is 0.130 e. The van der Waals surface area contributed by atoms with E-state index in [0.29, 0.717) is 17.5 Å². The molecule has 1 unspecified atom stereocenters. The van der Waals surface area contributed by atoms with Gasteiger partial charge >= 0.3 is 0 Å². The third-order valence-corrected chi connectivity index (χ3v) is 3.81. The number of hydrogen-bond donors (Lipinski definition) is 0. The van der Waals surface area contributed by atoms with Gasteiger partial charge in [0.15, 0.2) is 0 Å². The molecule has 0 spiro atoms. The summed E-state index contributed by atoms with van der Waals surface area (Å²) in [6, 6.07) is 9.36. The largest absolute Gasteiger partial charge is 0.206 e. The molecule has 0 fully saturated rings. The molecule has 0 aliphatic rings. The summed E-state index contributed by atoms with van der Waals surface area (Å²) in [7, 11) is 0. The predicted octanol–water partition coefficient (Wildman–Crippen LogP) is 4.72. The average molecular weight is 255 g/mol. The maximum absolute atomic E-state index is 13.8. The predicted molar refractivity (Wildman–Crippen MR) is 67.8 cm³/mol. The molecule has 1 heterocycles. The van der Waals surface area contributed by atoms with Crippen LogP contribution in [0.3, 0.4) is 0 Å². The molecule has 1 aromatic carbocycles. The Hall–Kier alpha value is -0.860. The molecule has 0 bridgehead atoms. The lowest BCUT2D eigenvalue weighted by Gasteiger charge is -2.11. The molecule has 2 aromatic rings. The van der Waals surface area contributed by atoms with E-state index in [1.165, 1.54) is 4.88 Å². The standard InChI is InChI=1S/C13H12ClFS/c1-9-4-2-6-11(13(9)15)12(14)8-10-5-3-7-16-10/h2-7,12H,8H2,1H3. The molecule has 0 radical (unpaired) electrons. The van der Waals surface area contributed by atoms with E-state index < -0.39 is 0 Å². The monoisotopic (exact) mass is 254 g/mol. The van der Waals surface area contributed by atoms with Crippen LogP contribution in [0.4, 0.5) is 4.39 Å². The molecule has 1 aromatic heterocycles.